The highest BCUT2D eigenvalue weighted by Gasteiger charge is 2.66. The van der Waals surface area contributed by atoms with Crippen LogP contribution in [0.25, 0.3) is 0 Å². The summed E-state index contributed by atoms with van der Waals surface area (Å²) in [7, 11) is -8.08. The van der Waals surface area contributed by atoms with Crippen LogP contribution in [-0.2, 0) is 32.2 Å². The lowest BCUT2D eigenvalue weighted by atomic mass is 10.2. The van der Waals surface area contributed by atoms with Crippen LogP contribution in [0.4, 0.5) is 0 Å². The molecule has 9 heteroatoms. The average Bonchev–Trinajstić information content (AvgIpc) is 2.61. The smallest absolute Gasteiger partial charge is 0.307 e. The molecule has 0 saturated carbocycles. The first-order valence-electron chi connectivity index (χ1n) is 9.38. The van der Waals surface area contributed by atoms with Crippen molar-refractivity contribution >= 4 is 15.2 Å². The maximum atomic E-state index is 14.1. The highest BCUT2D eigenvalue weighted by atomic mass is 31.2. The van der Waals surface area contributed by atoms with Crippen molar-refractivity contribution < 1.29 is 27.2 Å². The van der Waals surface area contributed by atoms with Crippen LogP contribution in [0.3, 0.4) is 0 Å². The van der Waals surface area contributed by atoms with Crippen molar-refractivity contribution in [2.45, 2.75) is 52.6 Å². The van der Waals surface area contributed by atoms with E-state index >= 15 is 0 Å². The standard InChI is InChI=1S/C18H33NO6P2/c1-7-22-26(20,23-8-2)18(19-16(5)6,17-14-12-11-13-15-17)27(21,24-9-3)25-10-4/h11-16,19H,7-10H2,1-6H3. The zero-order valence-corrected chi connectivity index (χ0v) is 18.9. The number of benzene rings is 1. The Kier molecular flexibility index (Phi) is 9.87. The van der Waals surface area contributed by atoms with Crippen LogP contribution in [0.2, 0.25) is 0 Å². The molecule has 0 fully saturated rings. The average molecular weight is 421 g/mol. The van der Waals surface area contributed by atoms with Gasteiger partial charge in [0, 0.05) is 6.04 Å². The fraction of sp³-hybridized carbons (Fsp3) is 0.667. The molecule has 0 aliphatic heterocycles. The molecular formula is C18H33NO6P2. The second kappa shape index (κ2) is 10.9. The van der Waals surface area contributed by atoms with Gasteiger partial charge in [0.15, 0.2) is 0 Å². The molecule has 1 N–H and O–H groups in total. The van der Waals surface area contributed by atoms with Crippen molar-refractivity contribution in [1.82, 2.24) is 5.32 Å². The lowest BCUT2D eigenvalue weighted by molar-refractivity contribution is 0.164. The molecule has 27 heavy (non-hydrogen) atoms. The maximum absolute atomic E-state index is 14.1. The van der Waals surface area contributed by atoms with Gasteiger partial charge in [0.05, 0.1) is 26.4 Å². The maximum Gasteiger partial charge on any atom is 0.367 e. The predicted molar refractivity (Wildman–Crippen MR) is 108 cm³/mol. The highest BCUT2D eigenvalue weighted by Crippen LogP contribution is 2.81. The van der Waals surface area contributed by atoms with Crippen LogP contribution < -0.4 is 5.32 Å². The fourth-order valence-corrected chi connectivity index (χ4v) is 8.82. The van der Waals surface area contributed by atoms with E-state index in [1.807, 2.05) is 19.9 Å². The summed E-state index contributed by atoms with van der Waals surface area (Å²) >= 11 is 0. The van der Waals surface area contributed by atoms with Gasteiger partial charge >= 0.3 is 15.2 Å². The van der Waals surface area contributed by atoms with Crippen LogP contribution in [-0.4, -0.2) is 32.5 Å². The zero-order chi connectivity index (χ0) is 20.6. The molecule has 0 radical (unpaired) electrons. The van der Waals surface area contributed by atoms with Gasteiger partial charge in [-0.2, -0.15) is 0 Å². The normalized spacial score (nSPS) is 13.3. The highest BCUT2D eigenvalue weighted by molar-refractivity contribution is 7.73. The Balaban J connectivity index is 3.94. The minimum absolute atomic E-state index is 0.115. The molecule has 1 aromatic rings. The predicted octanol–water partition coefficient (Wildman–Crippen LogP) is 5.33. The number of nitrogens with one attached hydrogen (secondary N) is 1. The van der Waals surface area contributed by atoms with Crippen molar-refractivity contribution in [2.75, 3.05) is 26.4 Å². The van der Waals surface area contributed by atoms with E-state index in [-0.39, 0.29) is 32.5 Å². The van der Waals surface area contributed by atoms with Crippen molar-refractivity contribution in [2.24, 2.45) is 0 Å². The SMILES string of the molecule is CCOP(=O)(OCC)C(NC(C)C)(c1ccccc1)P(=O)(OCC)OCC. The van der Waals surface area contributed by atoms with Gasteiger partial charge in [0.1, 0.15) is 0 Å². The Morgan fingerprint density at radius 3 is 1.48 bits per heavy atom. The monoisotopic (exact) mass is 421 g/mol. The molecule has 0 atom stereocenters. The molecule has 0 aromatic heterocycles. The molecule has 0 saturated heterocycles. The first kappa shape index (κ1) is 24.5. The second-order valence-corrected chi connectivity index (χ2v) is 10.7. The topological polar surface area (TPSA) is 83.1 Å². The van der Waals surface area contributed by atoms with Crippen molar-refractivity contribution in [3.8, 4) is 0 Å². The van der Waals surface area contributed by atoms with Gasteiger partial charge in [0.2, 0.25) is 5.02 Å². The molecule has 0 heterocycles. The number of hydrogen-bond donors (Lipinski definition) is 1. The Hall–Kier alpha value is -0.520. The van der Waals surface area contributed by atoms with E-state index < -0.39 is 20.2 Å². The summed E-state index contributed by atoms with van der Waals surface area (Å²) in [5.41, 5.74) is 0.467. The fourth-order valence-electron chi connectivity index (χ4n) is 2.91. The van der Waals surface area contributed by atoms with Gasteiger partial charge in [-0.05, 0) is 47.1 Å². The third-order valence-corrected chi connectivity index (χ3v) is 9.88. The zero-order valence-electron chi connectivity index (χ0n) is 17.1. The third-order valence-electron chi connectivity index (χ3n) is 3.66. The van der Waals surface area contributed by atoms with E-state index in [9.17, 15) is 9.13 Å². The van der Waals surface area contributed by atoms with E-state index in [0.29, 0.717) is 5.56 Å². The molecule has 156 valence electrons. The Morgan fingerprint density at radius 1 is 0.815 bits per heavy atom. The summed E-state index contributed by atoms with van der Waals surface area (Å²) in [4.78, 5) is 0. The van der Waals surface area contributed by atoms with Gasteiger partial charge in [-0.1, -0.05) is 30.3 Å². The molecule has 0 aliphatic carbocycles. The van der Waals surface area contributed by atoms with Gasteiger partial charge in [0.25, 0.3) is 0 Å². The Bertz CT molecular complexity index is 603. The van der Waals surface area contributed by atoms with Crippen molar-refractivity contribution in [1.29, 1.82) is 0 Å². The van der Waals surface area contributed by atoms with Crippen molar-refractivity contribution in [3.63, 3.8) is 0 Å². The lowest BCUT2D eigenvalue weighted by Crippen LogP contribution is -2.47. The van der Waals surface area contributed by atoms with E-state index in [1.54, 1.807) is 52.0 Å². The molecule has 0 unspecified atom stereocenters. The largest absolute Gasteiger partial charge is 0.367 e. The number of rotatable bonds is 13. The summed E-state index contributed by atoms with van der Waals surface area (Å²) in [5.74, 6) is 0. The first-order valence-corrected chi connectivity index (χ1v) is 12.5. The molecule has 1 rings (SSSR count). The van der Waals surface area contributed by atoms with Gasteiger partial charge in [-0.25, -0.2) is 0 Å². The van der Waals surface area contributed by atoms with Gasteiger partial charge in [-0.3, -0.25) is 14.4 Å². The molecule has 0 spiro atoms. The summed E-state index contributed by atoms with van der Waals surface area (Å²) < 4.78 is 50.9. The molecule has 0 aliphatic rings. The van der Waals surface area contributed by atoms with Crippen LogP contribution in [0.1, 0.15) is 47.1 Å². The van der Waals surface area contributed by atoms with E-state index in [1.165, 1.54) is 0 Å². The lowest BCUT2D eigenvalue weighted by Gasteiger charge is -2.44. The van der Waals surface area contributed by atoms with Crippen LogP contribution in [0.15, 0.2) is 30.3 Å². The van der Waals surface area contributed by atoms with Gasteiger partial charge < -0.3 is 18.1 Å². The van der Waals surface area contributed by atoms with Crippen LogP contribution >= 0.6 is 15.2 Å². The van der Waals surface area contributed by atoms with E-state index in [4.69, 9.17) is 18.1 Å². The van der Waals surface area contributed by atoms with Crippen LogP contribution in [0.5, 0.6) is 0 Å². The summed E-state index contributed by atoms with van der Waals surface area (Å²) in [5, 5.41) is 1.41. The summed E-state index contributed by atoms with van der Waals surface area (Å²) in [6, 6.07) is 8.61. The summed E-state index contributed by atoms with van der Waals surface area (Å²) in [6.07, 6.45) is 0. The van der Waals surface area contributed by atoms with E-state index in [2.05, 4.69) is 5.32 Å². The molecule has 1 aromatic carbocycles. The third kappa shape index (κ3) is 5.10. The van der Waals surface area contributed by atoms with Crippen molar-refractivity contribution in [3.05, 3.63) is 35.9 Å². The Morgan fingerprint density at radius 2 is 1.19 bits per heavy atom. The Labute approximate surface area is 163 Å². The minimum atomic E-state index is -4.04. The van der Waals surface area contributed by atoms with E-state index in [0.717, 1.165) is 0 Å². The molecule has 0 bridgehead atoms. The second-order valence-electron chi connectivity index (χ2n) is 6.00. The number of hydrogen-bond acceptors (Lipinski definition) is 7. The molecular weight excluding hydrogens is 388 g/mol. The minimum Gasteiger partial charge on any atom is -0.307 e. The van der Waals surface area contributed by atoms with Gasteiger partial charge in [-0.15, -0.1) is 0 Å². The quantitative estimate of drug-likeness (QED) is 0.431. The first-order chi connectivity index (χ1) is 12.8. The molecule has 7 nitrogen and oxygen atoms in total. The van der Waals surface area contributed by atoms with Crippen LogP contribution in [0, 0.1) is 0 Å². The molecule has 0 amide bonds. The summed E-state index contributed by atoms with van der Waals surface area (Å²) in [6.45, 7) is 11.0.